The molecule has 1 atom stereocenters. The Balaban J connectivity index is 1.61. The molecule has 0 fully saturated rings. The van der Waals surface area contributed by atoms with Gasteiger partial charge in [-0.3, -0.25) is 4.79 Å². The third-order valence-electron chi connectivity index (χ3n) is 6.01. The summed E-state index contributed by atoms with van der Waals surface area (Å²) < 4.78 is 25.4. The first-order valence-corrected chi connectivity index (χ1v) is 11.9. The fraction of sp³-hybridized carbons (Fsp3) is 0.214. The summed E-state index contributed by atoms with van der Waals surface area (Å²) in [4.78, 5) is 13.4. The molecule has 3 aromatic carbocycles. The number of nitrogens with one attached hydrogen (secondary N) is 3. The van der Waals surface area contributed by atoms with E-state index in [4.69, 9.17) is 21.7 Å². The number of halogens is 1. The number of amides is 1. The number of hydrogen-bond donors (Lipinski definition) is 3. The first-order valence-electron chi connectivity index (χ1n) is 11.5. The van der Waals surface area contributed by atoms with Gasteiger partial charge in [0.25, 0.3) is 5.91 Å². The van der Waals surface area contributed by atoms with E-state index in [1.165, 1.54) is 13.2 Å². The van der Waals surface area contributed by atoms with Crippen molar-refractivity contribution in [1.82, 2.24) is 10.6 Å². The summed E-state index contributed by atoms with van der Waals surface area (Å²) in [5, 5.41) is 9.69. The predicted molar refractivity (Wildman–Crippen MR) is 143 cm³/mol. The average Bonchev–Trinajstić information content (AvgIpc) is 2.84. The molecule has 36 heavy (non-hydrogen) atoms. The van der Waals surface area contributed by atoms with Gasteiger partial charge < -0.3 is 25.4 Å². The molecule has 0 bridgehead atoms. The van der Waals surface area contributed by atoms with E-state index < -0.39 is 6.04 Å². The topological polar surface area (TPSA) is 71.6 Å². The van der Waals surface area contributed by atoms with Gasteiger partial charge in [0.15, 0.2) is 16.6 Å². The van der Waals surface area contributed by atoms with Crippen LogP contribution in [0.5, 0.6) is 11.5 Å². The zero-order chi connectivity index (χ0) is 25.8. The van der Waals surface area contributed by atoms with Crippen molar-refractivity contribution in [2.24, 2.45) is 0 Å². The van der Waals surface area contributed by atoms with Gasteiger partial charge in [0.1, 0.15) is 12.4 Å². The number of thiocarbonyl (C=S) groups is 1. The van der Waals surface area contributed by atoms with Crippen molar-refractivity contribution in [1.29, 1.82) is 0 Å². The third-order valence-corrected chi connectivity index (χ3v) is 6.23. The second-order valence-corrected chi connectivity index (χ2v) is 9.04. The summed E-state index contributed by atoms with van der Waals surface area (Å²) in [6.45, 7) is 5.84. The van der Waals surface area contributed by atoms with Gasteiger partial charge >= 0.3 is 0 Å². The van der Waals surface area contributed by atoms with Crippen LogP contribution in [-0.4, -0.2) is 18.1 Å². The number of aryl methyl sites for hydroxylation is 2. The first kappa shape index (κ1) is 25.2. The zero-order valence-electron chi connectivity index (χ0n) is 20.6. The van der Waals surface area contributed by atoms with E-state index in [2.05, 4.69) is 16.0 Å². The van der Waals surface area contributed by atoms with Crippen LogP contribution in [0, 0.1) is 19.7 Å². The number of methoxy groups -OCH3 is 1. The molecule has 3 aromatic rings. The second kappa shape index (κ2) is 10.8. The maximum Gasteiger partial charge on any atom is 0.255 e. The lowest BCUT2D eigenvalue weighted by molar-refractivity contribution is -0.113. The molecule has 0 aliphatic carbocycles. The summed E-state index contributed by atoms with van der Waals surface area (Å²) in [5.74, 6) is 0.344. The summed E-state index contributed by atoms with van der Waals surface area (Å²) >= 11 is 5.38. The maximum atomic E-state index is 14.0. The van der Waals surface area contributed by atoms with Crippen LogP contribution in [0.1, 0.15) is 35.2 Å². The molecule has 186 valence electrons. The third kappa shape index (κ3) is 5.49. The van der Waals surface area contributed by atoms with E-state index in [9.17, 15) is 9.18 Å². The van der Waals surface area contributed by atoms with E-state index in [-0.39, 0.29) is 18.3 Å². The number of allylic oxidation sites excluding steroid dienone is 1. The summed E-state index contributed by atoms with van der Waals surface area (Å²) in [5.41, 5.74) is 5.21. The van der Waals surface area contributed by atoms with Gasteiger partial charge in [-0.05, 0) is 68.4 Å². The van der Waals surface area contributed by atoms with Crippen LogP contribution in [0.3, 0.4) is 0 Å². The Labute approximate surface area is 215 Å². The molecule has 0 saturated heterocycles. The SMILES string of the molecule is COc1cc([C@H]2NC(=S)NC(C)=C2C(=O)Nc2ccc(C)cc2C)ccc1OCc1ccccc1F. The normalized spacial score (nSPS) is 15.1. The van der Waals surface area contributed by atoms with Gasteiger partial charge in [-0.2, -0.15) is 0 Å². The molecular weight excluding hydrogens is 477 g/mol. The van der Waals surface area contributed by atoms with Crippen molar-refractivity contribution in [2.75, 3.05) is 12.4 Å². The van der Waals surface area contributed by atoms with E-state index in [1.807, 2.05) is 45.0 Å². The summed E-state index contributed by atoms with van der Waals surface area (Å²) in [6, 6.07) is 17.2. The minimum absolute atomic E-state index is 0.0562. The number of benzene rings is 3. The van der Waals surface area contributed by atoms with E-state index in [0.29, 0.717) is 33.4 Å². The van der Waals surface area contributed by atoms with Gasteiger partial charge in [-0.25, -0.2) is 4.39 Å². The summed E-state index contributed by atoms with van der Waals surface area (Å²) in [6.07, 6.45) is 0. The predicted octanol–water partition coefficient (Wildman–Crippen LogP) is 5.46. The molecular formula is C28H28FN3O3S. The van der Waals surface area contributed by atoms with Crippen molar-refractivity contribution in [3.8, 4) is 11.5 Å². The van der Waals surface area contributed by atoms with Crippen molar-refractivity contribution in [3.05, 3.63) is 100 Å². The molecule has 6 nitrogen and oxygen atoms in total. The van der Waals surface area contributed by atoms with Crippen molar-refractivity contribution < 1.29 is 18.7 Å². The molecule has 0 unspecified atom stereocenters. The number of carbonyl (C=O) groups is 1. The molecule has 0 spiro atoms. The Kier molecular flexibility index (Phi) is 7.55. The number of anilines is 1. The van der Waals surface area contributed by atoms with Crippen molar-refractivity contribution in [2.45, 2.75) is 33.4 Å². The minimum Gasteiger partial charge on any atom is -0.493 e. The van der Waals surface area contributed by atoms with Crippen LogP contribution >= 0.6 is 12.2 Å². The van der Waals surface area contributed by atoms with E-state index in [1.54, 1.807) is 30.3 Å². The maximum absolute atomic E-state index is 14.0. The van der Waals surface area contributed by atoms with Crippen LogP contribution in [-0.2, 0) is 11.4 Å². The van der Waals surface area contributed by atoms with Crippen LogP contribution in [0.2, 0.25) is 0 Å². The van der Waals surface area contributed by atoms with Crippen LogP contribution < -0.4 is 25.4 Å². The molecule has 8 heteroatoms. The van der Waals surface area contributed by atoms with Gasteiger partial charge in [0.2, 0.25) is 0 Å². The smallest absolute Gasteiger partial charge is 0.255 e. The number of ether oxygens (including phenoxy) is 2. The van der Waals surface area contributed by atoms with Crippen LogP contribution in [0.15, 0.2) is 71.9 Å². The lowest BCUT2D eigenvalue weighted by atomic mass is 9.94. The molecule has 0 radical (unpaired) electrons. The highest BCUT2D eigenvalue weighted by molar-refractivity contribution is 7.80. The van der Waals surface area contributed by atoms with Gasteiger partial charge in [-0.1, -0.05) is 42.0 Å². The molecule has 0 aromatic heterocycles. The highest BCUT2D eigenvalue weighted by atomic mass is 32.1. The lowest BCUT2D eigenvalue weighted by Gasteiger charge is -2.31. The molecule has 4 rings (SSSR count). The first-order chi connectivity index (χ1) is 17.3. The Morgan fingerprint density at radius 3 is 2.56 bits per heavy atom. The van der Waals surface area contributed by atoms with Crippen LogP contribution in [0.4, 0.5) is 10.1 Å². The summed E-state index contributed by atoms with van der Waals surface area (Å²) in [7, 11) is 1.53. The fourth-order valence-electron chi connectivity index (χ4n) is 4.14. The highest BCUT2D eigenvalue weighted by Gasteiger charge is 2.31. The lowest BCUT2D eigenvalue weighted by Crippen LogP contribution is -2.45. The Hall–Kier alpha value is -3.91. The molecule has 1 aliphatic rings. The van der Waals surface area contributed by atoms with Gasteiger partial charge in [-0.15, -0.1) is 0 Å². The average molecular weight is 506 g/mol. The quantitative estimate of drug-likeness (QED) is 0.371. The zero-order valence-corrected chi connectivity index (χ0v) is 21.4. The Morgan fingerprint density at radius 1 is 1.06 bits per heavy atom. The monoisotopic (exact) mass is 505 g/mol. The van der Waals surface area contributed by atoms with Gasteiger partial charge in [0.05, 0.1) is 18.7 Å². The molecule has 3 N–H and O–H groups in total. The van der Waals surface area contributed by atoms with Crippen LogP contribution in [0.25, 0.3) is 0 Å². The van der Waals surface area contributed by atoms with E-state index >= 15 is 0 Å². The van der Waals surface area contributed by atoms with E-state index in [0.717, 1.165) is 22.4 Å². The van der Waals surface area contributed by atoms with Gasteiger partial charge in [0, 0.05) is 16.9 Å². The number of carbonyl (C=O) groups excluding carboxylic acids is 1. The van der Waals surface area contributed by atoms with Crippen molar-refractivity contribution >= 4 is 28.9 Å². The number of hydrogen-bond acceptors (Lipinski definition) is 4. The molecule has 1 heterocycles. The molecule has 1 aliphatic heterocycles. The molecule has 1 amide bonds. The number of rotatable bonds is 7. The Morgan fingerprint density at radius 2 is 1.83 bits per heavy atom. The standard InChI is InChI=1S/C28H28FN3O3S/c1-16-9-11-22(17(2)13-16)31-27(33)25-18(3)30-28(36)32-26(25)19-10-12-23(24(14-19)34-4)35-15-20-7-5-6-8-21(20)29/h5-14,26H,15H2,1-4H3,(H,31,33)(H2,30,32,36)/t26-/m1/s1. The largest absolute Gasteiger partial charge is 0.493 e. The highest BCUT2D eigenvalue weighted by Crippen LogP contribution is 2.35. The minimum atomic E-state index is -0.515. The molecule has 0 saturated carbocycles. The Bertz CT molecular complexity index is 1360. The van der Waals surface area contributed by atoms with Crippen molar-refractivity contribution in [3.63, 3.8) is 0 Å². The fourth-order valence-corrected chi connectivity index (χ4v) is 4.41. The second-order valence-electron chi connectivity index (χ2n) is 8.63.